The van der Waals surface area contributed by atoms with E-state index in [0.29, 0.717) is 19.3 Å². The summed E-state index contributed by atoms with van der Waals surface area (Å²) in [5.41, 5.74) is 0. The Hall–Kier alpha value is -3.41. The van der Waals surface area contributed by atoms with Gasteiger partial charge in [0.2, 0.25) is 0 Å². The molecule has 0 aliphatic rings. The molecular formula is C61H104O6. The van der Waals surface area contributed by atoms with Crippen LogP contribution in [0.2, 0.25) is 0 Å². The second kappa shape index (κ2) is 55.2. The molecule has 0 radical (unpaired) electrons. The van der Waals surface area contributed by atoms with Gasteiger partial charge in [-0.15, -0.1) is 0 Å². The second-order valence-corrected chi connectivity index (χ2v) is 18.5. The molecule has 0 spiro atoms. The van der Waals surface area contributed by atoms with Crippen molar-refractivity contribution < 1.29 is 28.6 Å². The lowest BCUT2D eigenvalue weighted by Gasteiger charge is -2.18. The van der Waals surface area contributed by atoms with Crippen molar-refractivity contribution in [3.63, 3.8) is 0 Å². The van der Waals surface area contributed by atoms with E-state index in [2.05, 4.69) is 106 Å². The molecule has 0 aromatic heterocycles. The topological polar surface area (TPSA) is 78.9 Å². The fourth-order valence-corrected chi connectivity index (χ4v) is 7.68. The maximum Gasteiger partial charge on any atom is 0.306 e. The van der Waals surface area contributed by atoms with Crippen LogP contribution in [0.5, 0.6) is 0 Å². The second-order valence-electron chi connectivity index (χ2n) is 18.5. The van der Waals surface area contributed by atoms with Crippen LogP contribution in [-0.4, -0.2) is 37.2 Å². The zero-order valence-electron chi connectivity index (χ0n) is 43.9. The minimum absolute atomic E-state index is 0.0845. The fraction of sp³-hybridized carbons (Fsp3) is 0.721. The molecule has 6 nitrogen and oxygen atoms in total. The van der Waals surface area contributed by atoms with Crippen LogP contribution in [-0.2, 0) is 28.6 Å². The van der Waals surface area contributed by atoms with E-state index < -0.39 is 6.10 Å². The first-order valence-corrected chi connectivity index (χ1v) is 28.1. The van der Waals surface area contributed by atoms with Crippen LogP contribution in [0.15, 0.2) is 85.1 Å². The highest BCUT2D eigenvalue weighted by atomic mass is 16.6. The van der Waals surface area contributed by atoms with E-state index >= 15 is 0 Å². The number of carbonyl (C=O) groups excluding carboxylic acids is 3. The van der Waals surface area contributed by atoms with Crippen molar-refractivity contribution in [2.75, 3.05) is 13.2 Å². The average molecular weight is 933 g/mol. The van der Waals surface area contributed by atoms with Crippen molar-refractivity contribution >= 4 is 17.9 Å². The quantitative estimate of drug-likeness (QED) is 0.0262. The molecule has 67 heavy (non-hydrogen) atoms. The fourth-order valence-electron chi connectivity index (χ4n) is 7.68. The van der Waals surface area contributed by atoms with Crippen LogP contribution in [0.3, 0.4) is 0 Å². The Bertz CT molecular complexity index is 1300. The van der Waals surface area contributed by atoms with E-state index in [-0.39, 0.29) is 31.1 Å². The van der Waals surface area contributed by atoms with Crippen LogP contribution in [0.25, 0.3) is 0 Å². The molecule has 0 aliphatic heterocycles. The van der Waals surface area contributed by atoms with E-state index in [1.807, 2.05) is 0 Å². The number of esters is 3. The van der Waals surface area contributed by atoms with E-state index in [9.17, 15) is 14.4 Å². The van der Waals surface area contributed by atoms with Crippen molar-refractivity contribution in [1.82, 2.24) is 0 Å². The van der Waals surface area contributed by atoms with Gasteiger partial charge in [0.05, 0.1) is 0 Å². The van der Waals surface area contributed by atoms with Crippen molar-refractivity contribution in [3.05, 3.63) is 85.1 Å². The first-order valence-electron chi connectivity index (χ1n) is 28.1. The molecule has 1 atom stereocenters. The minimum atomic E-state index is -0.783. The van der Waals surface area contributed by atoms with E-state index in [0.717, 1.165) is 116 Å². The summed E-state index contributed by atoms with van der Waals surface area (Å²) < 4.78 is 16.7. The van der Waals surface area contributed by atoms with Gasteiger partial charge >= 0.3 is 17.9 Å². The van der Waals surface area contributed by atoms with Gasteiger partial charge in [-0.25, -0.2) is 0 Å². The number of allylic oxidation sites excluding steroid dienone is 14. The van der Waals surface area contributed by atoms with Gasteiger partial charge in [-0.05, 0) is 96.3 Å². The van der Waals surface area contributed by atoms with Crippen LogP contribution in [0, 0.1) is 0 Å². The molecule has 384 valence electrons. The Morgan fingerprint density at radius 1 is 0.313 bits per heavy atom. The Balaban J connectivity index is 4.13. The summed E-state index contributed by atoms with van der Waals surface area (Å²) in [6.07, 6.45) is 71.9. The van der Waals surface area contributed by atoms with E-state index in [1.54, 1.807) is 0 Å². The van der Waals surface area contributed by atoms with Crippen LogP contribution in [0.4, 0.5) is 0 Å². The number of hydrogen-bond acceptors (Lipinski definition) is 6. The normalized spacial score (nSPS) is 12.7. The molecule has 0 rings (SSSR count). The molecule has 6 heteroatoms. The number of unbranched alkanes of at least 4 members (excludes halogenated alkanes) is 25. The van der Waals surface area contributed by atoms with Gasteiger partial charge in [0.25, 0.3) is 0 Å². The van der Waals surface area contributed by atoms with Crippen LogP contribution < -0.4 is 0 Å². The zero-order valence-corrected chi connectivity index (χ0v) is 43.9. The number of carbonyl (C=O) groups is 3. The highest BCUT2D eigenvalue weighted by molar-refractivity contribution is 5.71. The van der Waals surface area contributed by atoms with Gasteiger partial charge in [0, 0.05) is 19.3 Å². The van der Waals surface area contributed by atoms with Gasteiger partial charge in [0.1, 0.15) is 13.2 Å². The molecule has 0 saturated carbocycles. The van der Waals surface area contributed by atoms with Crippen molar-refractivity contribution in [1.29, 1.82) is 0 Å². The van der Waals surface area contributed by atoms with E-state index in [1.165, 1.54) is 109 Å². The van der Waals surface area contributed by atoms with Gasteiger partial charge in [-0.2, -0.15) is 0 Å². The van der Waals surface area contributed by atoms with Gasteiger partial charge in [-0.3, -0.25) is 14.4 Å². The third-order valence-corrected chi connectivity index (χ3v) is 11.9. The lowest BCUT2D eigenvalue weighted by Crippen LogP contribution is -2.30. The molecule has 0 aromatic carbocycles. The van der Waals surface area contributed by atoms with Gasteiger partial charge in [0.15, 0.2) is 6.10 Å². The highest BCUT2D eigenvalue weighted by Gasteiger charge is 2.19. The number of hydrogen-bond donors (Lipinski definition) is 0. The molecule has 0 fully saturated rings. The highest BCUT2D eigenvalue weighted by Crippen LogP contribution is 2.15. The average Bonchev–Trinajstić information content (AvgIpc) is 3.33. The Labute approximate surface area is 414 Å². The first-order chi connectivity index (χ1) is 33.0. The Morgan fingerprint density at radius 2 is 0.582 bits per heavy atom. The maximum absolute atomic E-state index is 12.8. The first kappa shape index (κ1) is 63.6. The summed E-state index contributed by atoms with van der Waals surface area (Å²) in [7, 11) is 0. The third-order valence-electron chi connectivity index (χ3n) is 11.9. The summed E-state index contributed by atoms with van der Waals surface area (Å²) in [6, 6.07) is 0. The molecule has 0 N–H and O–H groups in total. The number of rotatable bonds is 50. The van der Waals surface area contributed by atoms with Crippen LogP contribution in [0.1, 0.15) is 265 Å². The molecule has 0 amide bonds. The molecule has 0 bridgehead atoms. The van der Waals surface area contributed by atoms with E-state index in [4.69, 9.17) is 14.2 Å². The Morgan fingerprint density at radius 3 is 0.910 bits per heavy atom. The van der Waals surface area contributed by atoms with Crippen LogP contribution >= 0.6 is 0 Å². The lowest BCUT2D eigenvalue weighted by molar-refractivity contribution is -0.167. The van der Waals surface area contributed by atoms with Gasteiger partial charge in [-0.1, -0.05) is 234 Å². The largest absolute Gasteiger partial charge is 0.462 e. The standard InChI is InChI=1S/C61H104O6/c1-4-7-10-13-15-17-19-21-23-25-27-28-29-30-31-32-34-35-37-39-41-43-45-48-51-54-60(63)66-57-58(56-65-59(62)53-50-47-12-9-6-3)67-61(64)55-52-49-46-44-42-40-38-36-33-26-24-22-20-18-16-14-11-8-5-2/h8,11,16,18-19,21-22,24-25,27,29-30,33,36,58H,4-7,9-10,12-15,17,20,23,26,28,31-32,34-35,37-57H2,1-3H3/b11-8-,18-16-,21-19-,24-22-,27-25-,30-29-,36-33-. The molecule has 0 heterocycles. The third kappa shape index (κ3) is 53.4. The van der Waals surface area contributed by atoms with Gasteiger partial charge < -0.3 is 14.2 Å². The molecule has 1 unspecified atom stereocenters. The summed E-state index contributed by atoms with van der Waals surface area (Å²) in [5, 5.41) is 0. The predicted octanol–water partition coefficient (Wildman–Crippen LogP) is 18.8. The van der Waals surface area contributed by atoms with Crippen molar-refractivity contribution in [2.24, 2.45) is 0 Å². The van der Waals surface area contributed by atoms with Crippen molar-refractivity contribution in [3.8, 4) is 0 Å². The summed E-state index contributed by atoms with van der Waals surface area (Å²) in [4.78, 5) is 37.8. The molecule has 0 aromatic rings. The number of ether oxygens (including phenoxy) is 3. The SMILES string of the molecule is CC/C=C\C/C=C\C/C=C\C/C=C\CCCCCCCCC(=O)OC(COC(=O)CCCCCCC)COC(=O)CCCCCCCCCCCC/C=C\C/C=C\C/C=C\CCCCCCC. The minimum Gasteiger partial charge on any atom is -0.462 e. The smallest absolute Gasteiger partial charge is 0.306 e. The summed E-state index contributed by atoms with van der Waals surface area (Å²) in [5.74, 6) is -0.914. The monoisotopic (exact) mass is 933 g/mol. The van der Waals surface area contributed by atoms with Crippen molar-refractivity contribution in [2.45, 2.75) is 271 Å². The maximum atomic E-state index is 12.8. The molecular weight excluding hydrogens is 829 g/mol. The summed E-state index contributed by atoms with van der Waals surface area (Å²) >= 11 is 0. The lowest BCUT2D eigenvalue weighted by atomic mass is 10.1. The zero-order chi connectivity index (χ0) is 48.6. The molecule has 0 saturated heterocycles. The summed E-state index contributed by atoms with van der Waals surface area (Å²) in [6.45, 7) is 6.42. The molecule has 0 aliphatic carbocycles. The predicted molar refractivity (Wildman–Crippen MR) is 288 cm³/mol. The Kier molecular flexibility index (Phi) is 52.4.